The van der Waals surface area contributed by atoms with Crippen LogP contribution in [-0.4, -0.2) is 22.4 Å². The van der Waals surface area contributed by atoms with E-state index >= 15 is 0 Å². The van der Waals surface area contributed by atoms with Crippen LogP contribution < -0.4 is 10.6 Å². The minimum atomic E-state index is 0.356. The highest BCUT2D eigenvalue weighted by atomic mass is 32.1. The average Bonchev–Trinajstić information content (AvgIpc) is 2.91. The molecule has 0 unspecified atom stereocenters. The highest BCUT2D eigenvalue weighted by molar-refractivity contribution is 7.09. The molecular formula is C15H22N4S. The van der Waals surface area contributed by atoms with Crippen molar-refractivity contribution >= 4 is 22.4 Å². The second-order valence-corrected chi connectivity index (χ2v) is 5.95. The maximum absolute atomic E-state index is 5.65. The molecule has 1 aromatic carbocycles. The van der Waals surface area contributed by atoms with Crippen LogP contribution in [0.3, 0.4) is 0 Å². The van der Waals surface area contributed by atoms with Gasteiger partial charge in [-0.3, -0.25) is 0 Å². The second kappa shape index (κ2) is 6.81. The Kier molecular flexibility index (Phi) is 5.09. The largest absolute Gasteiger partial charge is 0.330 e. The maximum Gasteiger partial charge on any atom is 0.209 e. The molecule has 0 bridgehead atoms. The van der Waals surface area contributed by atoms with Gasteiger partial charge in [0, 0.05) is 29.7 Å². The van der Waals surface area contributed by atoms with Crippen LogP contribution in [-0.2, 0) is 0 Å². The van der Waals surface area contributed by atoms with Crippen LogP contribution in [0, 0.1) is 6.92 Å². The number of aryl methyl sites for hydroxylation is 1. The van der Waals surface area contributed by atoms with E-state index < -0.39 is 0 Å². The number of hydrogen-bond donors (Lipinski definition) is 1. The van der Waals surface area contributed by atoms with Gasteiger partial charge in [0.25, 0.3) is 0 Å². The van der Waals surface area contributed by atoms with Gasteiger partial charge in [-0.25, -0.2) is 4.98 Å². The van der Waals surface area contributed by atoms with Gasteiger partial charge in [0.2, 0.25) is 5.13 Å². The predicted octanol–water partition coefficient (Wildman–Crippen LogP) is 3.46. The summed E-state index contributed by atoms with van der Waals surface area (Å²) in [5.74, 6) is 1.27. The van der Waals surface area contributed by atoms with E-state index in [1.807, 2.05) is 0 Å². The molecule has 1 aromatic heterocycles. The molecule has 0 amide bonds. The third kappa shape index (κ3) is 3.55. The lowest BCUT2D eigenvalue weighted by atomic mass is 10.2. The van der Waals surface area contributed by atoms with E-state index in [9.17, 15) is 0 Å². The second-order valence-electron chi connectivity index (χ2n) is 5.22. The van der Waals surface area contributed by atoms with E-state index in [4.69, 9.17) is 5.73 Å². The number of aromatic nitrogens is 2. The van der Waals surface area contributed by atoms with Crippen molar-refractivity contribution in [1.82, 2.24) is 9.36 Å². The topological polar surface area (TPSA) is 55.0 Å². The van der Waals surface area contributed by atoms with Gasteiger partial charge in [-0.2, -0.15) is 4.37 Å². The molecule has 1 heterocycles. The minimum Gasteiger partial charge on any atom is -0.330 e. The molecule has 0 aliphatic carbocycles. The molecule has 2 rings (SSSR count). The maximum atomic E-state index is 5.65. The van der Waals surface area contributed by atoms with E-state index in [1.165, 1.54) is 17.1 Å². The Balaban J connectivity index is 2.28. The summed E-state index contributed by atoms with van der Waals surface area (Å²) in [6, 6.07) is 8.49. The van der Waals surface area contributed by atoms with E-state index in [1.54, 1.807) is 0 Å². The van der Waals surface area contributed by atoms with Gasteiger partial charge in [-0.05, 0) is 32.0 Å². The predicted molar refractivity (Wildman–Crippen MR) is 85.9 cm³/mol. The zero-order valence-corrected chi connectivity index (χ0v) is 13.2. The summed E-state index contributed by atoms with van der Waals surface area (Å²) in [4.78, 5) is 6.86. The normalized spacial score (nSPS) is 11.1. The first kappa shape index (κ1) is 14.9. The summed E-state index contributed by atoms with van der Waals surface area (Å²) >= 11 is 1.46. The van der Waals surface area contributed by atoms with Crippen LogP contribution in [0.15, 0.2) is 24.3 Å². The van der Waals surface area contributed by atoms with E-state index in [0.717, 1.165) is 29.6 Å². The fourth-order valence-corrected chi connectivity index (χ4v) is 2.74. The molecule has 0 fully saturated rings. The van der Waals surface area contributed by atoms with E-state index in [0.29, 0.717) is 12.5 Å². The van der Waals surface area contributed by atoms with Crippen molar-refractivity contribution in [2.45, 2.75) is 33.1 Å². The Bertz CT molecular complexity index is 533. The molecule has 20 heavy (non-hydrogen) atoms. The van der Waals surface area contributed by atoms with Crippen molar-refractivity contribution in [2.24, 2.45) is 5.73 Å². The molecule has 0 saturated carbocycles. The van der Waals surface area contributed by atoms with E-state index in [-0.39, 0.29) is 0 Å². The van der Waals surface area contributed by atoms with Crippen LogP contribution in [0.1, 0.15) is 37.6 Å². The summed E-state index contributed by atoms with van der Waals surface area (Å²) in [5.41, 5.74) is 8.06. The van der Waals surface area contributed by atoms with Crippen LogP contribution in [0.5, 0.6) is 0 Å². The van der Waals surface area contributed by atoms with Crippen LogP contribution in [0.4, 0.5) is 10.8 Å². The summed E-state index contributed by atoms with van der Waals surface area (Å²) in [5, 5.41) is 0.950. The Hall–Kier alpha value is -1.46. The SMILES string of the molecule is Cc1ccc(N(CCCN)c2nc(C(C)C)ns2)cc1. The average molecular weight is 290 g/mol. The van der Waals surface area contributed by atoms with Crippen molar-refractivity contribution < 1.29 is 0 Å². The highest BCUT2D eigenvalue weighted by Crippen LogP contribution is 2.28. The quantitative estimate of drug-likeness (QED) is 0.885. The van der Waals surface area contributed by atoms with Crippen molar-refractivity contribution in [3.8, 4) is 0 Å². The molecule has 0 atom stereocenters. The van der Waals surface area contributed by atoms with Gasteiger partial charge in [0.1, 0.15) is 5.82 Å². The standard InChI is InChI=1S/C15H22N4S/c1-11(2)14-17-15(20-18-14)19(10-4-9-16)13-7-5-12(3)6-8-13/h5-8,11H,4,9-10,16H2,1-3H3. The summed E-state index contributed by atoms with van der Waals surface area (Å²) in [6.45, 7) is 7.87. The molecule has 0 aliphatic heterocycles. The van der Waals surface area contributed by atoms with E-state index in [2.05, 4.69) is 59.3 Å². The van der Waals surface area contributed by atoms with Gasteiger partial charge in [0.15, 0.2) is 0 Å². The fraction of sp³-hybridized carbons (Fsp3) is 0.467. The molecule has 5 heteroatoms. The molecule has 0 aliphatic rings. The number of rotatable bonds is 6. The lowest BCUT2D eigenvalue weighted by molar-refractivity contribution is 0.784. The molecule has 0 spiro atoms. The molecule has 2 N–H and O–H groups in total. The van der Waals surface area contributed by atoms with Crippen LogP contribution >= 0.6 is 11.5 Å². The Labute approximate surface area is 124 Å². The fourth-order valence-electron chi connectivity index (χ4n) is 1.88. The number of nitrogens with zero attached hydrogens (tertiary/aromatic N) is 3. The summed E-state index contributed by atoms with van der Waals surface area (Å²) in [7, 11) is 0. The van der Waals surface area contributed by atoms with Crippen LogP contribution in [0.2, 0.25) is 0 Å². The molecule has 2 aromatic rings. The first-order chi connectivity index (χ1) is 9.61. The zero-order chi connectivity index (χ0) is 14.5. The van der Waals surface area contributed by atoms with Gasteiger partial charge in [-0.15, -0.1) is 0 Å². The Morgan fingerprint density at radius 1 is 1.25 bits per heavy atom. The first-order valence-corrected chi connectivity index (χ1v) is 7.77. The van der Waals surface area contributed by atoms with Gasteiger partial charge in [0.05, 0.1) is 0 Å². The Morgan fingerprint density at radius 3 is 2.50 bits per heavy atom. The summed E-state index contributed by atoms with van der Waals surface area (Å²) < 4.78 is 4.45. The number of anilines is 2. The third-order valence-electron chi connectivity index (χ3n) is 3.11. The molecular weight excluding hydrogens is 268 g/mol. The summed E-state index contributed by atoms with van der Waals surface area (Å²) in [6.07, 6.45) is 0.935. The molecule has 0 saturated heterocycles. The Morgan fingerprint density at radius 2 is 1.95 bits per heavy atom. The van der Waals surface area contributed by atoms with Crippen molar-refractivity contribution in [1.29, 1.82) is 0 Å². The van der Waals surface area contributed by atoms with Gasteiger partial charge < -0.3 is 10.6 Å². The third-order valence-corrected chi connectivity index (χ3v) is 3.86. The number of benzene rings is 1. The minimum absolute atomic E-state index is 0.356. The lowest BCUT2D eigenvalue weighted by Crippen LogP contribution is -2.20. The number of hydrogen-bond acceptors (Lipinski definition) is 5. The lowest BCUT2D eigenvalue weighted by Gasteiger charge is -2.21. The molecule has 108 valence electrons. The van der Waals surface area contributed by atoms with Gasteiger partial charge in [-0.1, -0.05) is 31.5 Å². The van der Waals surface area contributed by atoms with Crippen molar-refractivity contribution in [3.05, 3.63) is 35.7 Å². The molecule has 0 radical (unpaired) electrons. The smallest absolute Gasteiger partial charge is 0.209 e. The molecule has 4 nitrogen and oxygen atoms in total. The van der Waals surface area contributed by atoms with Crippen molar-refractivity contribution in [2.75, 3.05) is 18.0 Å². The van der Waals surface area contributed by atoms with Gasteiger partial charge >= 0.3 is 0 Å². The zero-order valence-electron chi connectivity index (χ0n) is 12.3. The first-order valence-electron chi connectivity index (χ1n) is 6.99. The number of nitrogens with two attached hydrogens (primary N) is 1. The van der Waals surface area contributed by atoms with Crippen LogP contribution in [0.25, 0.3) is 0 Å². The van der Waals surface area contributed by atoms with Crippen molar-refractivity contribution in [3.63, 3.8) is 0 Å². The highest BCUT2D eigenvalue weighted by Gasteiger charge is 2.15. The monoisotopic (exact) mass is 290 g/mol.